The SMILES string of the molecule is C#CCN(CCC)C(=O)c1ccc(Cl)cn1. The number of pyridine rings is 1. The maximum absolute atomic E-state index is 12.0. The van der Waals surface area contributed by atoms with Gasteiger partial charge in [-0.05, 0) is 18.6 Å². The Bertz CT molecular complexity index is 394. The van der Waals surface area contributed by atoms with Gasteiger partial charge >= 0.3 is 0 Å². The number of nitrogens with zero attached hydrogens (tertiary/aromatic N) is 2. The van der Waals surface area contributed by atoms with E-state index in [2.05, 4.69) is 10.9 Å². The summed E-state index contributed by atoms with van der Waals surface area (Å²) in [6, 6.07) is 3.24. The molecule has 84 valence electrons. The van der Waals surface area contributed by atoms with E-state index in [-0.39, 0.29) is 5.91 Å². The molecule has 0 aliphatic rings. The van der Waals surface area contributed by atoms with Crippen LogP contribution in [0.4, 0.5) is 0 Å². The normalized spacial score (nSPS) is 9.56. The minimum atomic E-state index is -0.156. The van der Waals surface area contributed by atoms with Gasteiger partial charge in [-0.1, -0.05) is 24.4 Å². The van der Waals surface area contributed by atoms with Crippen molar-refractivity contribution in [3.8, 4) is 12.3 Å². The Labute approximate surface area is 100 Å². The van der Waals surface area contributed by atoms with Crippen molar-refractivity contribution in [3.63, 3.8) is 0 Å². The van der Waals surface area contributed by atoms with Crippen molar-refractivity contribution in [2.24, 2.45) is 0 Å². The highest BCUT2D eigenvalue weighted by atomic mass is 35.5. The molecule has 0 N–H and O–H groups in total. The summed E-state index contributed by atoms with van der Waals surface area (Å²) in [5.41, 5.74) is 0.369. The summed E-state index contributed by atoms with van der Waals surface area (Å²) < 4.78 is 0. The molecule has 0 bridgehead atoms. The molecular weight excluding hydrogens is 224 g/mol. The number of hydrogen-bond donors (Lipinski definition) is 0. The van der Waals surface area contributed by atoms with E-state index >= 15 is 0 Å². The van der Waals surface area contributed by atoms with Gasteiger partial charge in [0.05, 0.1) is 11.6 Å². The highest BCUT2D eigenvalue weighted by Crippen LogP contribution is 2.08. The molecule has 0 aromatic carbocycles. The maximum Gasteiger partial charge on any atom is 0.273 e. The zero-order valence-electron chi connectivity index (χ0n) is 9.11. The van der Waals surface area contributed by atoms with Gasteiger partial charge in [-0.15, -0.1) is 6.42 Å². The molecule has 1 aromatic heterocycles. The molecule has 1 heterocycles. The quantitative estimate of drug-likeness (QED) is 0.751. The largest absolute Gasteiger partial charge is 0.326 e. The smallest absolute Gasteiger partial charge is 0.273 e. The minimum Gasteiger partial charge on any atom is -0.326 e. The summed E-state index contributed by atoms with van der Waals surface area (Å²) in [7, 11) is 0. The number of carbonyl (C=O) groups excluding carboxylic acids is 1. The van der Waals surface area contributed by atoms with Gasteiger partial charge in [0.25, 0.3) is 5.91 Å². The molecule has 4 heteroatoms. The van der Waals surface area contributed by atoms with E-state index in [0.717, 1.165) is 6.42 Å². The van der Waals surface area contributed by atoms with Crippen molar-refractivity contribution in [2.75, 3.05) is 13.1 Å². The molecule has 0 fully saturated rings. The number of terminal acetylenes is 1. The molecule has 0 atom stereocenters. The van der Waals surface area contributed by atoms with Crippen molar-refractivity contribution in [2.45, 2.75) is 13.3 Å². The second kappa shape index (κ2) is 6.14. The maximum atomic E-state index is 12.0. The van der Waals surface area contributed by atoms with Crippen LogP contribution in [0.1, 0.15) is 23.8 Å². The van der Waals surface area contributed by atoms with Crippen molar-refractivity contribution in [1.82, 2.24) is 9.88 Å². The van der Waals surface area contributed by atoms with E-state index in [4.69, 9.17) is 18.0 Å². The predicted octanol–water partition coefficient (Wildman–Crippen LogP) is 2.22. The Morgan fingerprint density at radius 2 is 2.38 bits per heavy atom. The predicted molar refractivity (Wildman–Crippen MR) is 64.3 cm³/mol. The average molecular weight is 237 g/mol. The number of hydrogen-bond acceptors (Lipinski definition) is 2. The lowest BCUT2D eigenvalue weighted by atomic mass is 10.3. The van der Waals surface area contributed by atoms with Crippen molar-refractivity contribution in [3.05, 3.63) is 29.0 Å². The van der Waals surface area contributed by atoms with E-state index in [1.165, 1.54) is 6.20 Å². The molecule has 0 spiro atoms. The lowest BCUT2D eigenvalue weighted by Gasteiger charge is -2.18. The third kappa shape index (κ3) is 3.25. The number of rotatable bonds is 4. The molecular formula is C12H13ClN2O. The molecule has 0 aliphatic carbocycles. The molecule has 0 radical (unpaired) electrons. The van der Waals surface area contributed by atoms with E-state index in [0.29, 0.717) is 23.8 Å². The van der Waals surface area contributed by atoms with Crippen molar-refractivity contribution >= 4 is 17.5 Å². The Morgan fingerprint density at radius 3 is 2.88 bits per heavy atom. The molecule has 0 saturated carbocycles. The second-order valence-corrected chi connectivity index (χ2v) is 3.73. The highest BCUT2D eigenvalue weighted by Gasteiger charge is 2.14. The van der Waals surface area contributed by atoms with Gasteiger partial charge in [0, 0.05) is 12.7 Å². The standard InChI is InChI=1S/C12H13ClN2O/c1-3-7-15(8-4-2)12(16)11-6-5-10(13)9-14-11/h1,5-6,9H,4,7-8H2,2H3. The molecule has 1 rings (SSSR count). The van der Waals surface area contributed by atoms with Crippen LogP contribution in [0, 0.1) is 12.3 Å². The molecule has 1 aromatic rings. The third-order valence-electron chi connectivity index (χ3n) is 2.01. The fourth-order valence-electron chi connectivity index (χ4n) is 1.30. The van der Waals surface area contributed by atoms with Crippen LogP contribution in [-0.2, 0) is 0 Å². The van der Waals surface area contributed by atoms with E-state index < -0.39 is 0 Å². The molecule has 0 saturated heterocycles. The van der Waals surface area contributed by atoms with E-state index in [1.54, 1.807) is 17.0 Å². The van der Waals surface area contributed by atoms with Crippen LogP contribution in [0.15, 0.2) is 18.3 Å². The van der Waals surface area contributed by atoms with E-state index in [1.807, 2.05) is 6.92 Å². The first-order valence-electron chi connectivity index (χ1n) is 5.03. The molecule has 0 unspecified atom stereocenters. The Balaban J connectivity index is 2.82. The number of carbonyl (C=O) groups is 1. The van der Waals surface area contributed by atoms with Crippen LogP contribution in [-0.4, -0.2) is 28.9 Å². The number of halogens is 1. The zero-order valence-corrected chi connectivity index (χ0v) is 9.87. The van der Waals surface area contributed by atoms with Gasteiger partial charge in [0.1, 0.15) is 5.69 Å². The zero-order chi connectivity index (χ0) is 12.0. The summed E-state index contributed by atoms with van der Waals surface area (Å²) in [5, 5.41) is 0.510. The first-order chi connectivity index (χ1) is 7.69. The van der Waals surface area contributed by atoms with Gasteiger partial charge in [0.15, 0.2) is 0 Å². The van der Waals surface area contributed by atoms with Crippen LogP contribution in [0.2, 0.25) is 5.02 Å². The van der Waals surface area contributed by atoms with Gasteiger partial charge in [-0.3, -0.25) is 4.79 Å². The molecule has 16 heavy (non-hydrogen) atoms. The first-order valence-corrected chi connectivity index (χ1v) is 5.41. The molecule has 0 aliphatic heterocycles. The lowest BCUT2D eigenvalue weighted by Crippen LogP contribution is -2.32. The van der Waals surface area contributed by atoms with Crippen LogP contribution in [0.25, 0.3) is 0 Å². The Kier molecular flexibility index (Phi) is 4.81. The van der Waals surface area contributed by atoms with Gasteiger partial charge < -0.3 is 4.90 Å². The average Bonchev–Trinajstić information content (AvgIpc) is 2.29. The van der Waals surface area contributed by atoms with Crippen LogP contribution in [0.5, 0.6) is 0 Å². The Morgan fingerprint density at radius 1 is 1.62 bits per heavy atom. The molecule has 1 amide bonds. The summed E-state index contributed by atoms with van der Waals surface area (Å²) in [6.07, 6.45) is 7.53. The highest BCUT2D eigenvalue weighted by molar-refractivity contribution is 6.30. The number of aromatic nitrogens is 1. The minimum absolute atomic E-state index is 0.156. The van der Waals surface area contributed by atoms with Crippen molar-refractivity contribution in [1.29, 1.82) is 0 Å². The van der Waals surface area contributed by atoms with Crippen LogP contribution in [0.3, 0.4) is 0 Å². The van der Waals surface area contributed by atoms with Crippen LogP contribution < -0.4 is 0 Å². The fourth-order valence-corrected chi connectivity index (χ4v) is 1.41. The Hall–Kier alpha value is -1.53. The molecule has 3 nitrogen and oxygen atoms in total. The summed E-state index contributed by atoms with van der Waals surface area (Å²) >= 11 is 5.70. The fraction of sp³-hybridized carbons (Fsp3) is 0.333. The monoisotopic (exact) mass is 236 g/mol. The summed E-state index contributed by atoms with van der Waals surface area (Å²) in [6.45, 7) is 2.93. The topological polar surface area (TPSA) is 33.2 Å². The first kappa shape index (κ1) is 12.5. The third-order valence-corrected chi connectivity index (χ3v) is 2.23. The summed E-state index contributed by atoms with van der Waals surface area (Å²) in [4.78, 5) is 17.5. The van der Waals surface area contributed by atoms with Crippen LogP contribution >= 0.6 is 11.6 Å². The van der Waals surface area contributed by atoms with Gasteiger partial charge in [-0.2, -0.15) is 0 Å². The number of amides is 1. The van der Waals surface area contributed by atoms with Gasteiger partial charge in [0.2, 0.25) is 0 Å². The van der Waals surface area contributed by atoms with E-state index in [9.17, 15) is 4.79 Å². The summed E-state index contributed by atoms with van der Waals surface area (Å²) in [5.74, 6) is 2.31. The van der Waals surface area contributed by atoms with Crippen molar-refractivity contribution < 1.29 is 4.79 Å². The lowest BCUT2D eigenvalue weighted by molar-refractivity contribution is 0.0771. The second-order valence-electron chi connectivity index (χ2n) is 3.29. The van der Waals surface area contributed by atoms with Gasteiger partial charge in [-0.25, -0.2) is 4.98 Å².